The summed E-state index contributed by atoms with van der Waals surface area (Å²) >= 11 is 6.60. The first-order valence-corrected chi connectivity index (χ1v) is 21.5. The van der Waals surface area contributed by atoms with Gasteiger partial charge in [0.05, 0.1) is 53.8 Å². The number of anilines is 1. The minimum absolute atomic E-state index is 0.104. The van der Waals surface area contributed by atoms with Crippen LogP contribution in [0.3, 0.4) is 0 Å². The van der Waals surface area contributed by atoms with E-state index < -0.39 is 20.0 Å². The third-order valence-corrected chi connectivity index (χ3v) is 13.8. The van der Waals surface area contributed by atoms with E-state index in [0.29, 0.717) is 46.0 Å². The molecular weight excluding hydrogens is 720 g/mol. The SMILES string of the molecule is C[C@@H]1[C@@H]([Si](C)(C)O)[C@H](CCn2cc(C(CO)c3ccccc3)nn2)O[C@@]12C(=O)N(Cc1ccc(-n3ncc4ccccc4c3=O)cc1)c1ccc(Cl)cc12. The van der Waals surface area contributed by atoms with E-state index in [2.05, 4.69) is 15.4 Å². The van der Waals surface area contributed by atoms with Gasteiger partial charge < -0.3 is 19.5 Å². The van der Waals surface area contributed by atoms with Crippen LogP contribution >= 0.6 is 11.6 Å². The Morgan fingerprint density at radius 2 is 1.72 bits per heavy atom. The van der Waals surface area contributed by atoms with Gasteiger partial charge in [-0.2, -0.15) is 9.78 Å². The van der Waals surface area contributed by atoms with Gasteiger partial charge >= 0.3 is 0 Å². The van der Waals surface area contributed by atoms with E-state index in [4.69, 9.17) is 16.3 Å². The van der Waals surface area contributed by atoms with Crippen LogP contribution in [0.25, 0.3) is 16.5 Å². The van der Waals surface area contributed by atoms with Crippen molar-refractivity contribution >= 4 is 42.3 Å². The second-order valence-electron chi connectivity index (χ2n) is 14.9. The minimum Gasteiger partial charge on any atom is -0.432 e. The van der Waals surface area contributed by atoms with Crippen molar-refractivity contribution in [1.82, 2.24) is 24.8 Å². The Labute approximate surface area is 318 Å². The average molecular weight is 761 g/mol. The summed E-state index contributed by atoms with van der Waals surface area (Å²) in [5.41, 5.74) is 2.64. The van der Waals surface area contributed by atoms with Gasteiger partial charge in [-0.25, -0.2) is 0 Å². The number of amides is 1. The van der Waals surface area contributed by atoms with Crippen molar-refractivity contribution in [3.05, 3.63) is 147 Å². The minimum atomic E-state index is -2.91. The molecule has 54 heavy (non-hydrogen) atoms. The molecule has 1 saturated heterocycles. The van der Waals surface area contributed by atoms with Crippen LogP contribution in [0.5, 0.6) is 0 Å². The number of rotatable bonds is 10. The van der Waals surface area contributed by atoms with Gasteiger partial charge in [0.15, 0.2) is 13.9 Å². The number of aliphatic hydroxyl groups is 1. The van der Waals surface area contributed by atoms with Crippen molar-refractivity contribution in [3.63, 3.8) is 0 Å². The molecule has 4 heterocycles. The smallest absolute Gasteiger partial charge is 0.279 e. The fourth-order valence-corrected chi connectivity index (χ4v) is 11.3. The number of hydrogen-bond acceptors (Lipinski definition) is 8. The Morgan fingerprint density at radius 1 is 0.981 bits per heavy atom. The molecule has 1 fully saturated rings. The summed E-state index contributed by atoms with van der Waals surface area (Å²) in [7, 11) is -2.91. The fraction of sp³-hybridized carbons (Fsp3) is 0.293. The lowest BCUT2D eigenvalue weighted by atomic mass is 9.82. The Morgan fingerprint density at radius 3 is 2.46 bits per heavy atom. The van der Waals surface area contributed by atoms with Crippen LogP contribution in [0.4, 0.5) is 5.69 Å². The van der Waals surface area contributed by atoms with Crippen LogP contribution in [0.2, 0.25) is 23.7 Å². The summed E-state index contributed by atoms with van der Waals surface area (Å²) in [5, 5.41) is 25.2. The molecule has 8 rings (SSSR count). The highest BCUT2D eigenvalue weighted by molar-refractivity contribution is 6.71. The summed E-state index contributed by atoms with van der Waals surface area (Å²) in [4.78, 5) is 41.6. The van der Waals surface area contributed by atoms with Crippen molar-refractivity contribution in [1.29, 1.82) is 0 Å². The molecular formula is C41H41ClN6O5Si. The van der Waals surface area contributed by atoms with Crippen LogP contribution in [-0.4, -0.2) is 61.6 Å². The zero-order valence-corrected chi connectivity index (χ0v) is 32.0. The van der Waals surface area contributed by atoms with E-state index >= 15 is 0 Å². The van der Waals surface area contributed by atoms with Crippen molar-refractivity contribution in [2.45, 2.75) is 62.7 Å². The maximum atomic E-state index is 14.9. The van der Waals surface area contributed by atoms with Gasteiger partial charge in [0, 0.05) is 40.2 Å². The Hall–Kier alpha value is -4.98. The number of nitrogens with zero attached hydrogens (tertiary/aromatic N) is 6. The third kappa shape index (κ3) is 6.17. The lowest BCUT2D eigenvalue weighted by Gasteiger charge is -2.32. The maximum Gasteiger partial charge on any atom is 0.279 e. The predicted octanol–water partition coefficient (Wildman–Crippen LogP) is 6.19. The fourth-order valence-electron chi connectivity index (χ4n) is 8.57. The molecule has 0 radical (unpaired) electrons. The molecule has 13 heteroatoms. The van der Waals surface area contributed by atoms with Crippen LogP contribution < -0.4 is 10.5 Å². The first kappa shape index (κ1) is 36.0. The number of fused-ring (bicyclic) bond motifs is 3. The van der Waals surface area contributed by atoms with Gasteiger partial charge in [0.2, 0.25) is 0 Å². The Balaban J connectivity index is 1.07. The van der Waals surface area contributed by atoms with Gasteiger partial charge in [0.25, 0.3) is 11.5 Å². The van der Waals surface area contributed by atoms with E-state index in [1.54, 1.807) is 27.9 Å². The molecule has 1 unspecified atom stereocenters. The van der Waals surface area contributed by atoms with E-state index in [1.807, 2.05) is 111 Å². The van der Waals surface area contributed by atoms with Crippen LogP contribution in [0, 0.1) is 5.92 Å². The molecule has 2 aromatic heterocycles. The number of hydrogen-bond donors (Lipinski definition) is 2. The summed E-state index contributed by atoms with van der Waals surface area (Å²) in [6.07, 6.45) is 3.55. The summed E-state index contributed by atoms with van der Waals surface area (Å²) in [6.45, 7) is 6.40. The molecule has 276 valence electrons. The molecule has 4 aromatic carbocycles. The topological polar surface area (TPSA) is 136 Å². The molecule has 0 aliphatic carbocycles. The normalized spacial score (nSPS) is 21.6. The number of aromatic nitrogens is 5. The summed E-state index contributed by atoms with van der Waals surface area (Å²) in [6, 6.07) is 30.0. The second-order valence-corrected chi connectivity index (χ2v) is 19.3. The van der Waals surface area contributed by atoms with Gasteiger partial charge in [-0.3, -0.25) is 14.3 Å². The van der Waals surface area contributed by atoms with Crippen LogP contribution in [0.15, 0.2) is 114 Å². The number of ether oxygens (including phenoxy) is 1. The lowest BCUT2D eigenvalue weighted by Crippen LogP contribution is -2.46. The van der Waals surface area contributed by atoms with Crippen LogP contribution in [0.1, 0.15) is 41.6 Å². The lowest BCUT2D eigenvalue weighted by molar-refractivity contribution is -0.146. The molecule has 5 atom stereocenters. The quantitative estimate of drug-likeness (QED) is 0.158. The van der Waals surface area contributed by atoms with E-state index in [0.717, 1.165) is 16.5 Å². The van der Waals surface area contributed by atoms with E-state index in [1.165, 1.54) is 4.68 Å². The molecule has 0 saturated carbocycles. The van der Waals surface area contributed by atoms with Crippen molar-refractivity contribution in [2.24, 2.45) is 5.92 Å². The van der Waals surface area contributed by atoms with Gasteiger partial charge in [0.1, 0.15) is 0 Å². The third-order valence-electron chi connectivity index (χ3n) is 11.1. The number of carbonyl (C=O) groups excluding carboxylic acids is 1. The highest BCUT2D eigenvalue weighted by Gasteiger charge is 2.66. The standard InChI is InChI=1S/C41H41ClN6O5Si/c1-26-38(54(2,3)52)37(19-20-46-24-35(44-45-46)33(25-49)28-9-5-4-6-10-28)53-41(26)34-21-30(42)15-18-36(34)47(40(41)51)23-27-13-16-31(17-14-27)48-39(50)32-12-8-7-11-29(32)22-43-48/h4-18,21-22,24,26,33,37-38,49,52H,19-20,23,25H2,1-3H3/t26-,33?,37+,38-,41+/m1/s1. The first-order valence-electron chi connectivity index (χ1n) is 18.1. The molecule has 0 bridgehead atoms. The number of carbonyl (C=O) groups is 1. The highest BCUT2D eigenvalue weighted by atomic mass is 35.5. The molecule has 1 amide bonds. The summed E-state index contributed by atoms with van der Waals surface area (Å²) in [5.74, 6) is -0.869. The Bertz CT molecular complexity index is 2400. The second kappa shape index (κ2) is 14.0. The number of aryl methyl sites for hydroxylation is 1. The Kier molecular flexibility index (Phi) is 9.35. The highest BCUT2D eigenvalue weighted by Crippen LogP contribution is 2.60. The number of benzene rings is 4. The van der Waals surface area contributed by atoms with Crippen molar-refractivity contribution in [2.75, 3.05) is 11.5 Å². The molecule has 11 nitrogen and oxygen atoms in total. The zero-order chi connectivity index (χ0) is 37.8. The number of halogens is 1. The molecule has 1 spiro atoms. The van der Waals surface area contributed by atoms with E-state index in [-0.39, 0.29) is 42.0 Å². The van der Waals surface area contributed by atoms with Crippen molar-refractivity contribution < 1.29 is 19.4 Å². The largest absolute Gasteiger partial charge is 0.432 e. The zero-order valence-electron chi connectivity index (χ0n) is 30.2. The van der Waals surface area contributed by atoms with Gasteiger partial charge in [-0.05, 0) is 67.0 Å². The first-order chi connectivity index (χ1) is 26.0. The molecule has 2 N–H and O–H groups in total. The van der Waals surface area contributed by atoms with Crippen molar-refractivity contribution in [3.8, 4) is 5.69 Å². The molecule has 2 aliphatic rings. The predicted molar refractivity (Wildman–Crippen MR) is 209 cm³/mol. The molecule has 2 aliphatic heterocycles. The average Bonchev–Trinajstić information content (AvgIpc) is 3.82. The van der Waals surface area contributed by atoms with Gasteiger partial charge in [-0.15, -0.1) is 5.10 Å². The van der Waals surface area contributed by atoms with Gasteiger partial charge in [-0.1, -0.05) is 84.4 Å². The number of aliphatic hydroxyl groups excluding tert-OH is 1. The maximum absolute atomic E-state index is 14.9. The van der Waals surface area contributed by atoms with E-state index in [9.17, 15) is 19.5 Å². The summed E-state index contributed by atoms with van der Waals surface area (Å²) < 4.78 is 10.1. The monoisotopic (exact) mass is 760 g/mol. The van der Waals surface area contributed by atoms with Crippen LogP contribution in [-0.2, 0) is 28.2 Å². The molecule has 6 aromatic rings.